The molecule has 1 aliphatic heterocycles. The van der Waals surface area contributed by atoms with E-state index in [4.69, 9.17) is 9.72 Å². The molecule has 1 aliphatic rings. The van der Waals surface area contributed by atoms with Gasteiger partial charge in [-0.3, -0.25) is 0 Å². The van der Waals surface area contributed by atoms with E-state index in [0.717, 1.165) is 57.4 Å². The van der Waals surface area contributed by atoms with Gasteiger partial charge >= 0.3 is 0 Å². The maximum Gasteiger partial charge on any atom is 0.205 e. The van der Waals surface area contributed by atoms with E-state index in [-0.39, 0.29) is 0 Å². The van der Waals surface area contributed by atoms with E-state index in [0.29, 0.717) is 0 Å². The summed E-state index contributed by atoms with van der Waals surface area (Å²) in [6.45, 7) is 7.91. The number of ether oxygens (including phenoxy) is 1. The van der Waals surface area contributed by atoms with Crippen molar-refractivity contribution in [3.8, 4) is 0 Å². The number of nitrogens with zero attached hydrogens (tertiary/aromatic N) is 3. The normalized spacial score (nSPS) is 16.5. The Kier molecular flexibility index (Phi) is 4.39. The fourth-order valence-corrected chi connectivity index (χ4v) is 2.10. The molecule has 1 N–H and O–H groups in total. The third-order valence-electron chi connectivity index (χ3n) is 3.10. The minimum Gasteiger partial charge on any atom is -0.383 e. The third-order valence-corrected chi connectivity index (χ3v) is 3.10. The van der Waals surface area contributed by atoms with Crippen molar-refractivity contribution in [1.29, 1.82) is 0 Å². The Morgan fingerprint density at radius 1 is 1.41 bits per heavy atom. The topological polar surface area (TPSA) is 42.3 Å². The molecule has 96 valence electrons. The molecule has 2 heterocycles. The van der Waals surface area contributed by atoms with Gasteiger partial charge in [-0.15, -0.1) is 0 Å². The second-order valence-electron chi connectivity index (χ2n) is 4.31. The molecule has 0 bridgehead atoms. The molecule has 1 aromatic heterocycles. The molecule has 0 spiro atoms. The number of hydrogen-bond donors (Lipinski definition) is 1. The summed E-state index contributed by atoms with van der Waals surface area (Å²) in [6, 6.07) is 0. The van der Waals surface area contributed by atoms with Crippen molar-refractivity contribution in [1.82, 2.24) is 14.9 Å². The molecule has 0 aliphatic carbocycles. The van der Waals surface area contributed by atoms with Crippen LogP contribution < -0.4 is 10.2 Å². The molecule has 5 nitrogen and oxygen atoms in total. The van der Waals surface area contributed by atoms with Gasteiger partial charge in [0.1, 0.15) is 0 Å². The Labute approximate surface area is 103 Å². The molecular formula is C12H22N4O. The average molecular weight is 238 g/mol. The van der Waals surface area contributed by atoms with E-state index < -0.39 is 0 Å². The number of aromatic nitrogens is 2. The Bertz CT molecular complexity index is 344. The van der Waals surface area contributed by atoms with Crippen LogP contribution in [0.3, 0.4) is 0 Å². The highest BCUT2D eigenvalue weighted by Crippen LogP contribution is 2.15. The predicted molar refractivity (Wildman–Crippen MR) is 68.6 cm³/mol. The summed E-state index contributed by atoms with van der Waals surface area (Å²) >= 11 is 0. The van der Waals surface area contributed by atoms with Crippen molar-refractivity contribution in [3.63, 3.8) is 0 Å². The SMILES string of the molecule is CCc1cn(CCOC)c(N2CCNCC2)n1. The van der Waals surface area contributed by atoms with Gasteiger partial charge in [0.05, 0.1) is 12.3 Å². The van der Waals surface area contributed by atoms with Crippen LogP contribution in [0.5, 0.6) is 0 Å². The standard InChI is InChI=1S/C12H22N4O/c1-3-11-10-16(8-9-17-2)12(14-11)15-6-4-13-5-7-15/h10,13H,3-9H2,1-2H3. The third kappa shape index (κ3) is 2.98. The maximum absolute atomic E-state index is 5.15. The average Bonchev–Trinajstić information content (AvgIpc) is 2.80. The smallest absolute Gasteiger partial charge is 0.205 e. The fourth-order valence-electron chi connectivity index (χ4n) is 2.10. The lowest BCUT2D eigenvalue weighted by Crippen LogP contribution is -2.44. The summed E-state index contributed by atoms with van der Waals surface area (Å²) in [5.41, 5.74) is 1.16. The van der Waals surface area contributed by atoms with Crippen molar-refractivity contribution in [3.05, 3.63) is 11.9 Å². The lowest BCUT2D eigenvalue weighted by atomic mass is 10.4. The molecule has 17 heavy (non-hydrogen) atoms. The molecule has 5 heteroatoms. The molecule has 1 aromatic rings. The Morgan fingerprint density at radius 2 is 2.18 bits per heavy atom. The van der Waals surface area contributed by atoms with Crippen LogP contribution in [0.4, 0.5) is 5.95 Å². The van der Waals surface area contributed by atoms with Crippen molar-refractivity contribution in [2.75, 3.05) is 44.8 Å². The molecule has 0 amide bonds. The molecule has 1 fully saturated rings. The van der Waals surface area contributed by atoms with Crippen molar-refractivity contribution in [2.45, 2.75) is 19.9 Å². The van der Waals surface area contributed by atoms with Crippen molar-refractivity contribution in [2.24, 2.45) is 0 Å². The predicted octanol–water partition coefficient (Wildman–Crippen LogP) is 0.502. The Hall–Kier alpha value is -1.07. The van der Waals surface area contributed by atoms with Crippen LogP contribution in [-0.2, 0) is 17.7 Å². The van der Waals surface area contributed by atoms with Crippen LogP contribution in [0.25, 0.3) is 0 Å². The minimum atomic E-state index is 0.735. The van der Waals surface area contributed by atoms with Gasteiger partial charge in [0.2, 0.25) is 5.95 Å². The number of aryl methyl sites for hydroxylation is 1. The van der Waals surface area contributed by atoms with Gasteiger partial charge in [-0.25, -0.2) is 4.98 Å². The largest absolute Gasteiger partial charge is 0.383 e. The number of nitrogens with one attached hydrogen (secondary N) is 1. The summed E-state index contributed by atoms with van der Waals surface area (Å²) in [5.74, 6) is 1.10. The van der Waals surface area contributed by atoms with Crippen molar-refractivity contribution < 1.29 is 4.74 Å². The zero-order valence-electron chi connectivity index (χ0n) is 10.8. The number of hydrogen-bond acceptors (Lipinski definition) is 4. The van der Waals surface area contributed by atoms with Crippen LogP contribution in [-0.4, -0.2) is 49.4 Å². The number of anilines is 1. The first-order valence-electron chi connectivity index (χ1n) is 6.35. The van der Waals surface area contributed by atoms with Gasteiger partial charge in [-0.05, 0) is 6.42 Å². The number of rotatable bonds is 5. The molecule has 0 unspecified atom stereocenters. The summed E-state index contributed by atoms with van der Waals surface area (Å²) in [6.07, 6.45) is 3.13. The Morgan fingerprint density at radius 3 is 2.82 bits per heavy atom. The van der Waals surface area contributed by atoms with Crippen LogP contribution >= 0.6 is 0 Å². The van der Waals surface area contributed by atoms with Gasteiger partial charge < -0.3 is 19.5 Å². The second-order valence-corrected chi connectivity index (χ2v) is 4.31. The first kappa shape index (κ1) is 12.4. The van der Waals surface area contributed by atoms with Crippen LogP contribution in [0.2, 0.25) is 0 Å². The van der Waals surface area contributed by atoms with Crippen LogP contribution in [0.1, 0.15) is 12.6 Å². The fraction of sp³-hybridized carbons (Fsp3) is 0.750. The number of piperazine rings is 1. The van der Waals surface area contributed by atoms with E-state index in [1.54, 1.807) is 7.11 Å². The zero-order chi connectivity index (χ0) is 12.1. The second kappa shape index (κ2) is 6.02. The number of imidazole rings is 1. The summed E-state index contributed by atoms with van der Waals surface area (Å²) in [4.78, 5) is 7.06. The van der Waals surface area contributed by atoms with E-state index in [1.165, 1.54) is 0 Å². The van der Waals surface area contributed by atoms with Gasteiger partial charge in [0.25, 0.3) is 0 Å². The highest BCUT2D eigenvalue weighted by atomic mass is 16.5. The molecule has 0 aromatic carbocycles. The summed E-state index contributed by atoms with van der Waals surface area (Å²) in [5, 5.41) is 3.36. The van der Waals surface area contributed by atoms with Gasteiger partial charge in [0.15, 0.2) is 0 Å². The highest BCUT2D eigenvalue weighted by molar-refractivity contribution is 5.34. The quantitative estimate of drug-likeness (QED) is 0.811. The monoisotopic (exact) mass is 238 g/mol. The summed E-state index contributed by atoms with van der Waals surface area (Å²) in [7, 11) is 1.74. The van der Waals surface area contributed by atoms with E-state index in [9.17, 15) is 0 Å². The summed E-state index contributed by atoms with van der Waals surface area (Å²) < 4.78 is 7.37. The van der Waals surface area contributed by atoms with E-state index in [1.807, 2.05) is 0 Å². The maximum atomic E-state index is 5.15. The molecule has 0 radical (unpaired) electrons. The minimum absolute atomic E-state index is 0.735. The first-order chi connectivity index (χ1) is 8.35. The van der Waals surface area contributed by atoms with E-state index >= 15 is 0 Å². The van der Waals surface area contributed by atoms with Gasteiger partial charge in [-0.2, -0.15) is 0 Å². The van der Waals surface area contributed by atoms with Gasteiger partial charge in [-0.1, -0.05) is 6.92 Å². The van der Waals surface area contributed by atoms with Crippen molar-refractivity contribution >= 4 is 5.95 Å². The highest BCUT2D eigenvalue weighted by Gasteiger charge is 2.16. The lowest BCUT2D eigenvalue weighted by Gasteiger charge is -2.28. The van der Waals surface area contributed by atoms with Crippen LogP contribution in [0, 0.1) is 0 Å². The van der Waals surface area contributed by atoms with E-state index in [2.05, 4.69) is 27.9 Å². The molecular weight excluding hydrogens is 216 g/mol. The molecule has 1 saturated heterocycles. The lowest BCUT2D eigenvalue weighted by molar-refractivity contribution is 0.187. The van der Waals surface area contributed by atoms with Crippen LogP contribution in [0.15, 0.2) is 6.20 Å². The first-order valence-corrected chi connectivity index (χ1v) is 6.35. The zero-order valence-corrected chi connectivity index (χ0v) is 10.8. The number of methoxy groups -OCH3 is 1. The molecule has 0 atom stereocenters. The Balaban J connectivity index is 2.14. The molecule has 2 rings (SSSR count). The molecule has 0 saturated carbocycles. The van der Waals surface area contributed by atoms with Gasteiger partial charge in [0, 0.05) is 46.0 Å².